The minimum atomic E-state index is -3.89. The van der Waals surface area contributed by atoms with Crippen molar-refractivity contribution in [1.82, 2.24) is 9.62 Å². The van der Waals surface area contributed by atoms with Crippen molar-refractivity contribution in [2.75, 3.05) is 13.2 Å². The second-order valence-electron chi connectivity index (χ2n) is 7.94. The first-order chi connectivity index (χ1) is 15.8. The lowest BCUT2D eigenvalue weighted by atomic mass is 10.1. The monoisotopic (exact) mass is 466 g/mol. The number of carbonyl (C=O) groups excluding carboxylic acids is 1. The molecule has 3 aromatic carbocycles. The molecule has 1 amide bonds. The van der Waals surface area contributed by atoms with E-state index in [2.05, 4.69) is 4.72 Å². The Morgan fingerprint density at radius 3 is 2.70 bits per heavy atom. The Balaban J connectivity index is 1.48. The normalized spacial score (nSPS) is 16.3. The standard InChI is InChI=1S/C24H26N4O4S/c1-2-32-20-8-6-17-7-9-21(14-19(17)13-20)33(30,31)27-22-10-11-28(24(22)29)15-16-4-3-5-18(12-16)23(25)26/h3-9,12-14,22,27H,2,10-11,15H2,1H3,(H3,25,26)/t22-/m0/s1. The molecular weight excluding hydrogens is 440 g/mol. The first-order valence-electron chi connectivity index (χ1n) is 10.7. The number of rotatable bonds is 8. The zero-order chi connectivity index (χ0) is 23.6. The molecule has 1 saturated heterocycles. The molecule has 0 spiro atoms. The van der Waals surface area contributed by atoms with E-state index in [1.165, 1.54) is 6.07 Å². The lowest BCUT2D eigenvalue weighted by molar-refractivity contribution is -0.129. The minimum absolute atomic E-state index is 0.0426. The molecular formula is C24H26N4O4S. The van der Waals surface area contributed by atoms with Crippen LogP contribution >= 0.6 is 0 Å². The molecule has 9 heteroatoms. The van der Waals surface area contributed by atoms with Gasteiger partial charge < -0.3 is 15.4 Å². The summed E-state index contributed by atoms with van der Waals surface area (Å²) in [6.07, 6.45) is 0.381. The van der Waals surface area contributed by atoms with Gasteiger partial charge in [-0.15, -0.1) is 0 Å². The van der Waals surface area contributed by atoms with Crippen molar-refractivity contribution < 1.29 is 17.9 Å². The van der Waals surface area contributed by atoms with Crippen molar-refractivity contribution in [3.05, 3.63) is 71.8 Å². The number of sulfonamides is 1. The van der Waals surface area contributed by atoms with E-state index in [0.29, 0.717) is 37.4 Å². The van der Waals surface area contributed by atoms with Crippen molar-refractivity contribution in [1.29, 1.82) is 5.41 Å². The van der Waals surface area contributed by atoms with Gasteiger partial charge in [0.1, 0.15) is 17.6 Å². The smallest absolute Gasteiger partial charge is 0.241 e. The number of hydrogen-bond acceptors (Lipinski definition) is 5. The van der Waals surface area contributed by atoms with Gasteiger partial charge in [0.05, 0.1) is 11.5 Å². The Hall–Kier alpha value is -3.43. The number of fused-ring (bicyclic) bond motifs is 1. The highest BCUT2D eigenvalue weighted by Crippen LogP contribution is 2.25. The number of nitrogen functional groups attached to an aromatic ring is 1. The third-order valence-corrected chi connectivity index (χ3v) is 7.08. The molecule has 0 radical (unpaired) electrons. The van der Waals surface area contributed by atoms with Crippen molar-refractivity contribution in [2.24, 2.45) is 5.73 Å². The molecule has 0 unspecified atom stereocenters. The van der Waals surface area contributed by atoms with Crippen LogP contribution in [0, 0.1) is 5.41 Å². The third kappa shape index (κ3) is 4.99. The average molecular weight is 467 g/mol. The quantitative estimate of drug-likeness (QED) is 0.348. The highest BCUT2D eigenvalue weighted by Gasteiger charge is 2.35. The molecule has 4 rings (SSSR count). The first kappa shape index (κ1) is 22.8. The second kappa shape index (κ2) is 9.21. The molecule has 0 bridgehead atoms. The largest absolute Gasteiger partial charge is 0.494 e. The lowest BCUT2D eigenvalue weighted by Gasteiger charge is -2.18. The van der Waals surface area contributed by atoms with E-state index in [1.54, 1.807) is 41.3 Å². The summed E-state index contributed by atoms with van der Waals surface area (Å²) in [7, 11) is -3.89. The molecule has 1 aliphatic rings. The second-order valence-corrected chi connectivity index (χ2v) is 9.65. The molecule has 1 atom stereocenters. The molecule has 172 valence electrons. The number of amides is 1. The maximum Gasteiger partial charge on any atom is 0.241 e. The van der Waals surface area contributed by atoms with Crippen LogP contribution in [0.2, 0.25) is 0 Å². The molecule has 3 aromatic rings. The van der Waals surface area contributed by atoms with Gasteiger partial charge in [-0.25, -0.2) is 8.42 Å². The maximum absolute atomic E-state index is 13.0. The summed E-state index contributed by atoms with van der Waals surface area (Å²) in [6.45, 7) is 3.17. The van der Waals surface area contributed by atoms with Crippen LogP contribution in [-0.2, 0) is 21.4 Å². The van der Waals surface area contributed by atoms with E-state index in [0.717, 1.165) is 16.3 Å². The Morgan fingerprint density at radius 1 is 1.15 bits per heavy atom. The number of nitrogens with two attached hydrogens (primary N) is 1. The SMILES string of the molecule is CCOc1ccc2ccc(S(=O)(=O)N[C@H]3CCN(Cc4cccc(C(=N)N)c4)C3=O)cc2c1. The zero-order valence-electron chi connectivity index (χ0n) is 18.2. The van der Waals surface area contributed by atoms with Crippen molar-refractivity contribution >= 4 is 32.5 Å². The Labute approximate surface area is 192 Å². The van der Waals surface area contributed by atoms with Gasteiger partial charge in [0, 0.05) is 18.7 Å². The molecule has 33 heavy (non-hydrogen) atoms. The number of amidine groups is 1. The summed E-state index contributed by atoms with van der Waals surface area (Å²) >= 11 is 0. The minimum Gasteiger partial charge on any atom is -0.494 e. The van der Waals surface area contributed by atoms with E-state index >= 15 is 0 Å². The molecule has 4 N–H and O–H groups in total. The van der Waals surface area contributed by atoms with Crippen LogP contribution in [0.4, 0.5) is 0 Å². The Morgan fingerprint density at radius 2 is 1.94 bits per heavy atom. The van der Waals surface area contributed by atoms with Crippen molar-refractivity contribution in [2.45, 2.75) is 30.8 Å². The van der Waals surface area contributed by atoms with E-state index in [4.69, 9.17) is 15.9 Å². The molecule has 8 nitrogen and oxygen atoms in total. The van der Waals surface area contributed by atoms with Gasteiger partial charge in [-0.05, 0) is 60.0 Å². The third-order valence-electron chi connectivity index (χ3n) is 5.61. The number of nitrogens with zero attached hydrogens (tertiary/aromatic N) is 1. The molecule has 0 aliphatic carbocycles. The lowest BCUT2D eigenvalue weighted by Crippen LogP contribution is -2.41. The fraction of sp³-hybridized carbons (Fsp3) is 0.250. The van der Waals surface area contributed by atoms with Crippen LogP contribution in [0.15, 0.2) is 65.6 Å². The predicted molar refractivity (Wildman–Crippen MR) is 127 cm³/mol. The number of benzene rings is 3. The number of likely N-dealkylation sites (tertiary alicyclic amines) is 1. The summed E-state index contributed by atoms with van der Waals surface area (Å²) < 4.78 is 34.1. The van der Waals surface area contributed by atoms with Gasteiger partial charge in [-0.3, -0.25) is 10.2 Å². The van der Waals surface area contributed by atoms with Gasteiger partial charge in [-0.1, -0.05) is 30.3 Å². The number of nitrogens with one attached hydrogen (secondary N) is 2. The van der Waals surface area contributed by atoms with E-state index in [-0.39, 0.29) is 16.6 Å². The van der Waals surface area contributed by atoms with Gasteiger partial charge in [0.15, 0.2) is 0 Å². The highest BCUT2D eigenvalue weighted by molar-refractivity contribution is 7.89. The van der Waals surface area contributed by atoms with Gasteiger partial charge in [-0.2, -0.15) is 4.72 Å². The zero-order valence-corrected chi connectivity index (χ0v) is 19.1. The van der Waals surface area contributed by atoms with Gasteiger partial charge >= 0.3 is 0 Å². The number of ether oxygens (including phenoxy) is 1. The number of carbonyl (C=O) groups is 1. The van der Waals surface area contributed by atoms with Crippen molar-refractivity contribution in [3.8, 4) is 5.75 Å². The summed E-state index contributed by atoms with van der Waals surface area (Å²) in [6, 6.07) is 16.7. The summed E-state index contributed by atoms with van der Waals surface area (Å²) in [5.41, 5.74) is 6.96. The topological polar surface area (TPSA) is 126 Å². The fourth-order valence-corrected chi connectivity index (χ4v) is 5.20. The average Bonchev–Trinajstić information content (AvgIpc) is 3.12. The van der Waals surface area contributed by atoms with Gasteiger partial charge in [0.2, 0.25) is 15.9 Å². The van der Waals surface area contributed by atoms with E-state index < -0.39 is 16.1 Å². The molecule has 1 aliphatic heterocycles. The van der Waals surface area contributed by atoms with Crippen LogP contribution < -0.4 is 15.2 Å². The Bertz CT molecular complexity index is 1320. The van der Waals surface area contributed by atoms with Crippen LogP contribution in [0.1, 0.15) is 24.5 Å². The molecule has 1 fully saturated rings. The van der Waals surface area contributed by atoms with Crippen molar-refractivity contribution in [3.63, 3.8) is 0 Å². The van der Waals surface area contributed by atoms with E-state index in [1.807, 2.05) is 25.1 Å². The summed E-state index contributed by atoms with van der Waals surface area (Å²) in [5.74, 6) is 0.355. The Kier molecular flexibility index (Phi) is 6.35. The molecule has 0 aromatic heterocycles. The van der Waals surface area contributed by atoms with Crippen LogP contribution in [0.5, 0.6) is 5.75 Å². The predicted octanol–water partition coefficient (Wildman–Crippen LogP) is 2.60. The van der Waals surface area contributed by atoms with Crippen LogP contribution in [-0.4, -0.2) is 44.3 Å². The summed E-state index contributed by atoms with van der Waals surface area (Å²) in [4.78, 5) is 14.6. The van der Waals surface area contributed by atoms with Gasteiger partial charge in [0.25, 0.3) is 0 Å². The number of hydrogen-bond donors (Lipinski definition) is 3. The maximum atomic E-state index is 13.0. The fourth-order valence-electron chi connectivity index (χ4n) is 3.94. The molecule has 0 saturated carbocycles. The summed E-state index contributed by atoms with van der Waals surface area (Å²) in [5, 5.41) is 9.21. The highest BCUT2D eigenvalue weighted by atomic mass is 32.2. The van der Waals surface area contributed by atoms with Crippen LogP contribution in [0.25, 0.3) is 10.8 Å². The molecule has 1 heterocycles. The first-order valence-corrected chi connectivity index (χ1v) is 12.2. The van der Waals surface area contributed by atoms with E-state index in [9.17, 15) is 13.2 Å². The van der Waals surface area contributed by atoms with Crippen LogP contribution in [0.3, 0.4) is 0 Å².